The van der Waals surface area contributed by atoms with E-state index in [1.807, 2.05) is 0 Å². The number of aryl methyl sites for hydroxylation is 1. The molecule has 30 heavy (non-hydrogen) atoms. The van der Waals surface area contributed by atoms with Gasteiger partial charge in [0.1, 0.15) is 12.4 Å². The number of nitrogens with one attached hydrogen (secondary N) is 1. The first kappa shape index (κ1) is 17.8. The molecule has 0 saturated carbocycles. The number of aromatic amines is 1. The van der Waals surface area contributed by atoms with Gasteiger partial charge < -0.3 is 9.72 Å². The van der Waals surface area contributed by atoms with Gasteiger partial charge in [-0.3, -0.25) is 4.90 Å². The standard InChI is InChI=1S/C27H26N2O/c1-18-6-8-19(9-7-18)17-30-21-11-10-20-12-13-29-16-26-24(15-27(29)23(20)14-21)22-4-2-3-5-25(22)28-26/h2-11,14,27-28H,12-13,15-17H2,1H3. The third-order valence-electron chi connectivity index (χ3n) is 6.77. The highest BCUT2D eigenvalue weighted by Crippen LogP contribution is 2.41. The zero-order chi connectivity index (χ0) is 20.1. The molecule has 1 aromatic heterocycles. The summed E-state index contributed by atoms with van der Waals surface area (Å²) < 4.78 is 6.18. The zero-order valence-corrected chi connectivity index (χ0v) is 17.3. The number of hydrogen-bond donors (Lipinski definition) is 1. The number of fused-ring (bicyclic) bond motifs is 6. The fourth-order valence-corrected chi connectivity index (χ4v) is 5.12. The number of rotatable bonds is 3. The Balaban J connectivity index is 1.30. The molecule has 1 unspecified atom stereocenters. The highest BCUT2D eigenvalue weighted by atomic mass is 16.5. The molecule has 0 amide bonds. The number of para-hydroxylation sites is 1. The van der Waals surface area contributed by atoms with Gasteiger partial charge in [0, 0.05) is 35.7 Å². The van der Waals surface area contributed by atoms with E-state index in [1.165, 1.54) is 44.4 Å². The lowest BCUT2D eigenvalue weighted by atomic mass is 9.85. The second kappa shape index (κ2) is 7.03. The van der Waals surface area contributed by atoms with Crippen LogP contribution in [0.15, 0.2) is 66.7 Å². The third-order valence-corrected chi connectivity index (χ3v) is 6.77. The molecule has 3 heterocycles. The van der Waals surface area contributed by atoms with E-state index < -0.39 is 0 Å². The van der Waals surface area contributed by atoms with Crippen LogP contribution in [0.5, 0.6) is 5.75 Å². The Kier molecular flexibility index (Phi) is 4.17. The summed E-state index contributed by atoms with van der Waals surface area (Å²) in [6, 6.07) is 24.4. The molecule has 0 fully saturated rings. The van der Waals surface area contributed by atoms with Crippen molar-refractivity contribution in [3.8, 4) is 5.75 Å². The number of benzene rings is 3. The summed E-state index contributed by atoms with van der Waals surface area (Å²) in [4.78, 5) is 6.29. The highest BCUT2D eigenvalue weighted by molar-refractivity contribution is 5.85. The van der Waals surface area contributed by atoms with Crippen molar-refractivity contribution in [2.75, 3.05) is 6.54 Å². The van der Waals surface area contributed by atoms with E-state index >= 15 is 0 Å². The first-order chi connectivity index (χ1) is 14.7. The molecule has 6 rings (SSSR count). The Labute approximate surface area is 177 Å². The van der Waals surface area contributed by atoms with E-state index in [-0.39, 0.29) is 0 Å². The Morgan fingerprint density at radius 3 is 2.80 bits per heavy atom. The SMILES string of the molecule is Cc1ccc(COc2ccc3c(c2)C2Cc4c([nH]c5ccccc45)CN2CC3)cc1. The van der Waals surface area contributed by atoms with Crippen molar-refractivity contribution in [3.05, 3.63) is 100 Å². The van der Waals surface area contributed by atoms with Gasteiger partial charge in [0.2, 0.25) is 0 Å². The third kappa shape index (κ3) is 3.01. The number of H-pyrrole nitrogens is 1. The molecule has 0 aliphatic carbocycles. The second-order valence-corrected chi connectivity index (χ2v) is 8.70. The van der Waals surface area contributed by atoms with Gasteiger partial charge in [-0.1, -0.05) is 54.1 Å². The highest BCUT2D eigenvalue weighted by Gasteiger charge is 2.33. The van der Waals surface area contributed by atoms with E-state index in [0.717, 1.165) is 31.7 Å². The molecule has 2 aliphatic heterocycles. The lowest BCUT2D eigenvalue weighted by Crippen LogP contribution is -2.39. The van der Waals surface area contributed by atoms with E-state index in [1.54, 1.807) is 0 Å². The second-order valence-electron chi connectivity index (χ2n) is 8.70. The maximum Gasteiger partial charge on any atom is 0.120 e. The van der Waals surface area contributed by atoms with Crippen LogP contribution in [0.1, 0.15) is 39.6 Å². The van der Waals surface area contributed by atoms with Crippen LogP contribution in [0.25, 0.3) is 10.9 Å². The summed E-state index contributed by atoms with van der Waals surface area (Å²) in [7, 11) is 0. The molecule has 0 radical (unpaired) electrons. The molecule has 3 aromatic carbocycles. The largest absolute Gasteiger partial charge is 0.489 e. The van der Waals surface area contributed by atoms with Crippen LogP contribution < -0.4 is 4.74 Å². The molecule has 0 bridgehead atoms. The smallest absolute Gasteiger partial charge is 0.120 e. The molecule has 150 valence electrons. The van der Waals surface area contributed by atoms with Crippen molar-refractivity contribution in [2.45, 2.75) is 39.0 Å². The number of ether oxygens (including phenoxy) is 1. The summed E-state index contributed by atoms with van der Waals surface area (Å²) in [5, 5.41) is 1.38. The molecule has 2 aliphatic rings. The van der Waals surface area contributed by atoms with Crippen molar-refractivity contribution >= 4 is 10.9 Å². The Morgan fingerprint density at radius 2 is 1.90 bits per heavy atom. The van der Waals surface area contributed by atoms with E-state index in [0.29, 0.717) is 12.6 Å². The monoisotopic (exact) mass is 394 g/mol. The van der Waals surface area contributed by atoms with Crippen LogP contribution in [0.4, 0.5) is 0 Å². The minimum Gasteiger partial charge on any atom is -0.489 e. The minimum atomic E-state index is 0.434. The van der Waals surface area contributed by atoms with Crippen LogP contribution in [0, 0.1) is 6.92 Å². The Morgan fingerprint density at radius 1 is 1.03 bits per heavy atom. The normalized spacial score (nSPS) is 18.0. The van der Waals surface area contributed by atoms with Crippen LogP contribution in [-0.2, 0) is 26.0 Å². The summed E-state index contributed by atoms with van der Waals surface area (Å²) in [5.74, 6) is 0.973. The maximum atomic E-state index is 6.18. The average molecular weight is 395 g/mol. The first-order valence-corrected chi connectivity index (χ1v) is 10.9. The fourth-order valence-electron chi connectivity index (χ4n) is 5.12. The topological polar surface area (TPSA) is 28.3 Å². The van der Waals surface area contributed by atoms with Crippen LogP contribution in [-0.4, -0.2) is 16.4 Å². The first-order valence-electron chi connectivity index (χ1n) is 10.9. The molecule has 0 saturated heterocycles. The van der Waals surface area contributed by atoms with Gasteiger partial charge in [0.05, 0.1) is 0 Å². The van der Waals surface area contributed by atoms with E-state index in [4.69, 9.17) is 4.74 Å². The Hall–Kier alpha value is -3.04. The predicted molar refractivity (Wildman–Crippen MR) is 121 cm³/mol. The van der Waals surface area contributed by atoms with Gasteiger partial charge in [-0.05, 0) is 60.2 Å². The number of hydrogen-bond acceptors (Lipinski definition) is 2. The van der Waals surface area contributed by atoms with Crippen molar-refractivity contribution in [3.63, 3.8) is 0 Å². The van der Waals surface area contributed by atoms with Gasteiger partial charge in [0.25, 0.3) is 0 Å². The lowest BCUT2D eigenvalue weighted by Gasteiger charge is -2.40. The Bertz CT molecular complexity index is 1220. The van der Waals surface area contributed by atoms with E-state index in [2.05, 4.69) is 83.5 Å². The van der Waals surface area contributed by atoms with Crippen LogP contribution >= 0.6 is 0 Å². The van der Waals surface area contributed by atoms with Crippen LogP contribution in [0.3, 0.4) is 0 Å². The molecule has 3 nitrogen and oxygen atoms in total. The lowest BCUT2D eigenvalue weighted by molar-refractivity contribution is 0.159. The maximum absolute atomic E-state index is 6.18. The average Bonchev–Trinajstić information content (AvgIpc) is 3.14. The molecule has 1 atom stereocenters. The quantitative estimate of drug-likeness (QED) is 0.482. The van der Waals surface area contributed by atoms with Crippen molar-refractivity contribution < 1.29 is 4.74 Å². The van der Waals surface area contributed by atoms with Gasteiger partial charge in [0.15, 0.2) is 0 Å². The molecule has 3 heteroatoms. The van der Waals surface area contributed by atoms with Crippen molar-refractivity contribution in [2.24, 2.45) is 0 Å². The molecule has 0 spiro atoms. The van der Waals surface area contributed by atoms with Gasteiger partial charge in [-0.2, -0.15) is 0 Å². The summed E-state index contributed by atoms with van der Waals surface area (Å²) in [5.41, 5.74) is 9.55. The number of nitrogens with zero attached hydrogens (tertiary/aromatic N) is 1. The van der Waals surface area contributed by atoms with Crippen LogP contribution in [0.2, 0.25) is 0 Å². The number of aromatic nitrogens is 1. The van der Waals surface area contributed by atoms with Gasteiger partial charge in [-0.25, -0.2) is 0 Å². The molecular weight excluding hydrogens is 368 g/mol. The zero-order valence-electron chi connectivity index (χ0n) is 17.3. The summed E-state index contributed by atoms with van der Waals surface area (Å²) >= 11 is 0. The molecule has 1 N–H and O–H groups in total. The summed E-state index contributed by atoms with van der Waals surface area (Å²) in [6.07, 6.45) is 2.17. The summed E-state index contributed by atoms with van der Waals surface area (Å²) in [6.45, 7) is 4.85. The van der Waals surface area contributed by atoms with E-state index in [9.17, 15) is 0 Å². The van der Waals surface area contributed by atoms with Crippen molar-refractivity contribution in [1.29, 1.82) is 0 Å². The molecular formula is C27H26N2O. The van der Waals surface area contributed by atoms with Gasteiger partial charge in [-0.15, -0.1) is 0 Å². The predicted octanol–water partition coefficient (Wildman–Crippen LogP) is 5.71. The molecule has 4 aromatic rings. The minimum absolute atomic E-state index is 0.434. The fraction of sp³-hybridized carbons (Fsp3) is 0.259. The van der Waals surface area contributed by atoms with Gasteiger partial charge >= 0.3 is 0 Å². The van der Waals surface area contributed by atoms with Crippen molar-refractivity contribution in [1.82, 2.24) is 9.88 Å².